The molecule has 0 amide bonds. The van der Waals surface area contributed by atoms with Crippen LogP contribution in [0.1, 0.15) is 19.4 Å². The van der Waals surface area contributed by atoms with Gasteiger partial charge in [-0.05, 0) is 31.5 Å². The third kappa shape index (κ3) is 1.40. The molecule has 1 aromatic heterocycles. The Morgan fingerprint density at radius 3 is 2.71 bits per heavy atom. The number of hydrogen-bond donors (Lipinski definition) is 1. The summed E-state index contributed by atoms with van der Waals surface area (Å²) in [6, 6.07) is 6.17. The molecule has 1 heterocycles. The molecular weight excluding hydrogens is 174 g/mol. The molecule has 3 heteroatoms. The zero-order chi connectivity index (χ0) is 10.3. The Labute approximate surface area is 83.6 Å². The molecular formula is C11H15N3. The molecule has 0 radical (unpaired) electrons. The first-order valence-corrected chi connectivity index (χ1v) is 4.69. The molecule has 1 aromatic carbocycles. The average Bonchev–Trinajstić information content (AvgIpc) is 2.46. The van der Waals surface area contributed by atoms with Crippen molar-refractivity contribution in [1.29, 1.82) is 0 Å². The van der Waals surface area contributed by atoms with Crippen molar-refractivity contribution >= 4 is 11.0 Å². The number of nitrogens with zero attached hydrogens (tertiary/aromatic N) is 2. The molecule has 0 bridgehead atoms. The van der Waals surface area contributed by atoms with Crippen molar-refractivity contribution in [3.05, 3.63) is 30.1 Å². The van der Waals surface area contributed by atoms with Gasteiger partial charge in [0.25, 0.3) is 0 Å². The van der Waals surface area contributed by atoms with E-state index in [4.69, 9.17) is 5.73 Å². The van der Waals surface area contributed by atoms with Crippen LogP contribution in [0, 0.1) is 0 Å². The summed E-state index contributed by atoms with van der Waals surface area (Å²) in [5.41, 5.74) is 8.97. The van der Waals surface area contributed by atoms with Crippen LogP contribution in [0.3, 0.4) is 0 Å². The van der Waals surface area contributed by atoms with E-state index in [1.165, 1.54) is 0 Å². The molecule has 0 aliphatic rings. The van der Waals surface area contributed by atoms with E-state index in [2.05, 4.69) is 23.2 Å². The van der Waals surface area contributed by atoms with Crippen molar-refractivity contribution in [1.82, 2.24) is 9.55 Å². The van der Waals surface area contributed by atoms with Crippen LogP contribution in [0.5, 0.6) is 0 Å². The Hall–Kier alpha value is -1.35. The van der Waals surface area contributed by atoms with E-state index in [-0.39, 0.29) is 5.54 Å². The fourth-order valence-electron chi connectivity index (χ4n) is 1.54. The first kappa shape index (κ1) is 9.21. The van der Waals surface area contributed by atoms with Gasteiger partial charge in [0.2, 0.25) is 0 Å². The lowest BCUT2D eigenvalue weighted by atomic mass is 9.95. The standard InChI is InChI=1S/C11H15N3/c1-11(2,12)8-4-5-10-9(6-8)13-7-14(10)3/h4-7H,12H2,1-3H3. The van der Waals surface area contributed by atoms with Crippen molar-refractivity contribution in [3.63, 3.8) is 0 Å². The van der Waals surface area contributed by atoms with Crippen molar-refractivity contribution in [2.24, 2.45) is 12.8 Å². The Bertz CT molecular complexity index is 463. The summed E-state index contributed by atoms with van der Waals surface area (Å²) in [7, 11) is 1.99. The molecule has 0 aliphatic heterocycles. The topological polar surface area (TPSA) is 43.8 Å². The van der Waals surface area contributed by atoms with E-state index >= 15 is 0 Å². The highest BCUT2D eigenvalue weighted by Gasteiger charge is 2.14. The van der Waals surface area contributed by atoms with Crippen molar-refractivity contribution < 1.29 is 0 Å². The zero-order valence-corrected chi connectivity index (χ0v) is 8.78. The number of imidazole rings is 1. The molecule has 0 spiro atoms. The molecule has 0 aliphatic carbocycles. The fraction of sp³-hybridized carbons (Fsp3) is 0.364. The number of benzene rings is 1. The molecule has 3 nitrogen and oxygen atoms in total. The van der Waals surface area contributed by atoms with Crippen LogP contribution in [-0.2, 0) is 12.6 Å². The minimum Gasteiger partial charge on any atom is -0.334 e. The third-order valence-electron chi connectivity index (χ3n) is 2.47. The normalized spacial score (nSPS) is 12.3. The molecule has 74 valence electrons. The van der Waals surface area contributed by atoms with Gasteiger partial charge in [0, 0.05) is 12.6 Å². The second-order valence-corrected chi connectivity index (χ2v) is 4.28. The number of fused-ring (bicyclic) bond motifs is 1. The SMILES string of the molecule is Cn1cnc2cc(C(C)(C)N)ccc21. The molecule has 0 fully saturated rings. The smallest absolute Gasteiger partial charge is 0.0955 e. The monoisotopic (exact) mass is 189 g/mol. The van der Waals surface area contributed by atoms with E-state index < -0.39 is 0 Å². The summed E-state index contributed by atoms with van der Waals surface area (Å²) in [4.78, 5) is 4.30. The van der Waals surface area contributed by atoms with Gasteiger partial charge in [0.15, 0.2) is 0 Å². The van der Waals surface area contributed by atoms with E-state index in [0.717, 1.165) is 16.6 Å². The summed E-state index contributed by atoms with van der Waals surface area (Å²) < 4.78 is 2.00. The molecule has 14 heavy (non-hydrogen) atoms. The van der Waals surface area contributed by atoms with Gasteiger partial charge in [0.1, 0.15) is 0 Å². The molecule has 0 unspecified atom stereocenters. The first-order chi connectivity index (χ1) is 6.48. The quantitative estimate of drug-likeness (QED) is 0.743. The van der Waals surface area contributed by atoms with E-state index in [1.807, 2.05) is 31.8 Å². The van der Waals surface area contributed by atoms with Crippen LogP contribution >= 0.6 is 0 Å². The van der Waals surface area contributed by atoms with Gasteiger partial charge < -0.3 is 10.3 Å². The Balaban J connectivity index is 2.63. The number of aromatic nitrogens is 2. The van der Waals surface area contributed by atoms with Crippen LogP contribution in [0.2, 0.25) is 0 Å². The van der Waals surface area contributed by atoms with Crippen LogP contribution in [0.25, 0.3) is 11.0 Å². The van der Waals surface area contributed by atoms with Gasteiger partial charge in [-0.15, -0.1) is 0 Å². The minimum atomic E-state index is -0.300. The highest BCUT2D eigenvalue weighted by Crippen LogP contribution is 2.21. The number of hydrogen-bond acceptors (Lipinski definition) is 2. The lowest BCUT2D eigenvalue weighted by molar-refractivity contribution is 0.555. The summed E-state index contributed by atoms with van der Waals surface area (Å²) in [6.45, 7) is 3.99. The highest BCUT2D eigenvalue weighted by atomic mass is 15.0. The molecule has 2 rings (SSSR count). The lowest BCUT2D eigenvalue weighted by Crippen LogP contribution is -2.28. The summed E-state index contributed by atoms with van der Waals surface area (Å²) >= 11 is 0. The average molecular weight is 189 g/mol. The molecule has 0 saturated carbocycles. The third-order valence-corrected chi connectivity index (χ3v) is 2.47. The van der Waals surface area contributed by atoms with Crippen LogP contribution < -0.4 is 5.73 Å². The van der Waals surface area contributed by atoms with E-state index in [9.17, 15) is 0 Å². The van der Waals surface area contributed by atoms with Gasteiger partial charge in [-0.2, -0.15) is 0 Å². The lowest BCUT2D eigenvalue weighted by Gasteiger charge is -2.18. The predicted molar refractivity (Wildman–Crippen MR) is 57.9 cm³/mol. The minimum absolute atomic E-state index is 0.300. The predicted octanol–water partition coefficient (Wildman–Crippen LogP) is 1.77. The van der Waals surface area contributed by atoms with Crippen LogP contribution in [0.4, 0.5) is 0 Å². The van der Waals surface area contributed by atoms with E-state index in [0.29, 0.717) is 0 Å². The maximum atomic E-state index is 6.02. The number of nitrogens with two attached hydrogens (primary N) is 1. The maximum absolute atomic E-state index is 6.02. The van der Waals surface area contributed by atoms with Crippen LogP contribution in [0.15, 0.2) is 24.5 Å². The Morgan fingerprint density at radius 1 is 1.36 bits per heavy atom. The Morgan fingerprint density at radius 2 is 2.07 bits per heavy atom. The first-order valence-electron chi connectivity index (χ1n) is 4.69. The largest absolute Gasteiger partial charge is 0.334 e. The van der Waals surface area contributed by atoms with E-state index in [1.54, 1.807) is 0 Å². The number of rotatable bonds is 1. The van der Waals surface area contributed by atoms with Crippen LogP contribution in [-0.4, -0.2) is 9.55 Å². The molecule has 2 aromatic rings. The second kappa shape index (κ2) is 2.82. The molecule has 0 saturated heterocycles. The maximum Gasteiger partial charge on any atom is 0.0955 e. The number of aryl methyl sites for hydroxylation is 1. The zero-order valence-electron chi connectivity index (χ0n) is 8.78. The Kier molecular flexibility index (Phi) is 1.86. The van der Waals surface area contributed by atoms with Gasteiger partial charge >= 0.3 is 0 Å². The van der Waals surface area contributed by atoms with Gasteiger partial charge in [-0.25, -0.2) is 4.98 Å². The molecule has 2 N–H and O–H groups in total. The van der Waals surface area contributed by atoms with Gasteiger partial charge in [0.05, 0.1) is 17.4 Å². The fourth-order valence-corrected chi connectivity index (χ4v) is 1.54. The van der Waals surface area contributed by atoms with Gasteiger partial charge in [-0.3, -0.25) is 0 Å². The summed E-state index contributed by atoms with van der Waals surface area (Å²) in [6.07, 6.45) is 1.82. The van der Waals surface area contributed by atoms with Crippen molar-refractivity contribution in [2.45, 2.75) is 19.4 Å². The van der Waals surface area contributed by atoms with Gasteiger partial charge in [-0.1, -0.05) is 6.07 Å². The highest BCUT2D eigenvalue weighted by molar-refractivity contribution is 5.76. The second-order valence-electron chi connectivity index (χ2n) is 4.28. The summed E-state index contributed by atoms with van der Waals surface area (Å²) in [5, 5.41) is 0. The van der Waals surface area contributed by atoms with Crippen molar-refractivity contribution in [2.75, 3.05) is 0 Å². The molecule has 0 atom stereocenters. The summed E-state index contributed by atoms with van der Waals surface area (Å²) in [5.74, 6) is 0. The van der Waals surface area contributed by atoms with Crippen molar-refractivity contribution in [3.8, 4) is 0 Å².